The Balaban J connectivity index is 2.03. The van der Waals surface area contributed by atoms with Crippen molar-refractivity contribution in [3.8, 4) is 0 Å². The van der Waals surface area contributed by atoms with Crippen molar-refractivity contribution in [2.24, 2.45) is 5.92 Å². The van der Waals surface area contributed by atoms with Crippen molar-refractivity contribution < 1.29 is 15.0 Å². The topological polar surface area (TPSA) is 82.5 Å². The van der Waals surface area contributed by atoms with Gasteiger partial charge in [-0.05, 0) is 37.3 Å². The molecule has 19 heavy (non-hydrogen) atoms. The maximum atomic E-state index is 11.1. The summed E-state index contributed by atoms with van der Waals surface area (Å²) in [6.07, 6.45) is 3.17. The number of carboxylic acids is 1. The number of aryl methyl sites for hydroxylation is 1. The fourth-order valence-electron chi connectivity index (χ4n) is 2.30. The van der Waals surface area contributed by atoms with Gasteiger partial charge < -0.3 is 15.5 Å². The van der Waals surface area contributed by atoms with Crippen molar-refractivity contribution in [2.75, 3.05) is 11.9 Å². The second kappa shape index (κ2) is 6.02. The third kappa shape index (κ3) is 3.67. The molecule has 1 aliphatic rings. The van der Waals surface area contributed by atoms with Gasteiger partial charge in [-0.2, -0.15) is 0 Å². The van der Waals surface area contributed by atoms with Crippen LogP contribution in [0.15, 0.2) is 12.1 Å². The van der Waals surface area contributed by atoms with E-state index in [0.717, 1.165) is 37.9 Å². The number of aliphatic hydroxyl groups excluding tert-OH is 1. The van der Waals surface area contributed by atoms with E-state index in [1.807, 2.05) is 6.92 Å². The zero-order chi connectivity index (χ0) is 13.8. The summed E-state index contributed by atoms with van der Waals surface area (Å²) in [5.41, 5.74) is 1.08. The Hall–Kier alpha value is -1.62. The van der Waals surface area contributed by atoms with Gasteiger partial charge in [0.05, 0.1) is 11.7 Å². The number of aliphatic hydroxyl groups is 1. The number of carbonyl (C=O) groups is 1. The molecule has 104 valence electrons. The normalized spacial score (nSPS) is 21.8. The number of hydrogen-bond acceptors (Lipinski definition) is 4. The van der Waals surface area contributed by atoms with Crippen LogP contribution in [0.3, 0.4) is 0 Å². The van der Waals surface area contributed by atoms with Crippen molar-refractivity contribution in [1.29, 1.82) is 0 Å². The Morgan fingerprint density at radius 1 is 1.47 bits per heavy atom. The van der Waals surface area contributed by atoms with Crippen molar-refractivity contribution in [3.05, 3.63) is 23.4 Å². The predicted molar refractivity (Wildman–Crippen MR) is 72.4 cm³/mol. The van der Waals surface area contributed by atoms with Gasteiger partial charge in [-0.25, -0.2) is 9.78 Å². The smallest absolute Gasteiger partial charge is 0.335 e. The van der Waals surface area contributed by atoms with Gasteiger partial charge in [0.2, 0.25) is 0 Å². The lowest BCUT2D eigenvalue weighted by Crippen LogP contribution is -2.33. The summed E-state index contributed by atoms with van der Waals surface area (Å²) in [6.45, 7) is 2.77. The highest BCUT2D eigenvalue weighted by Gasteiger charge is 2.26. The van der Waals surface area contributed by atoms with Gasteiger partial charge in [0.15, 0.2) is 0 Å². The van der Waals surface area contributed by atoms with Crippen LogP contribution in [-0.2, 0) is 6.42 Å². The first-order valence-corrected chi connectivity index (χ1v) is 6.74. The first-order chi connectivity index (χ1) is 9.08. The number of pyridine rings is 1. The van der Waals surface area contributed by atoms with E-state index in [9.17, 15) is 9.90 Å². The first kappa shape index (κ1) is 13.8. The molecule has 0 aromatic carbocycles. The molecule has 0 bridgehead atoms. The standard InChI is InChI=1S/C14H20N2O3/c1-2-3-11-6-10(14(18)19)7-13(16-11)15-8-9-4-12(17)5-9/h6-7,9,12,17H,2-5,8H2,1H3,(H,15,16)(H,18,19). The van der Waals surface area contributed by atoms with E-state index in [-0.39, 0.29) is 11.7 Å². The third-order valence-corrected chi connectivity index (χ3v) is 3.41. The van der Waals surface area contributed by atoms with Crippen LogP contribution >= 0.6 is 0 Å². The molecule has 0 spiro atoms. The number of hydrogen-bond donors (Lipinski definition) is 3. The van der Waals surface area contributed by atoms with Crippen LogP contribution in [-0.4, -0.2) is 33.8 Å². The lowest BCUT2D eigenvalue weighted by Gasteiger charge is -2.31. The van der Waals surface area contributed by atoms with Gasteiger partial charge in [0.1, 0.15) is 5.82 Å². The Morgan fingerprint density at radius 2 is 2.21 bits per heavy atom. The molecule has 5 heteroatoms. The molecule has 1 fully saturated rings. The highest BCUT2D eigenvalue weighted by molar-refractivity contribution is 5.88. The fraction of sp³-hybridized carbons (Fsp3) is 0.571. The van der Waals surface area contributed by atoms with Crippen molar-refractivity contribution in [2.45, 2.75) is 38.7 Å². The minimum Gasteiger partial charge on any atom is -0.478 e. The summed E-state index contributed by atoms with van der Waals surface area (Å²) >= 11 is 0. The highest BCUT2D eigenvalue weighted by Crippen LogP contribution is 2.27. The molecule has 0 atom stereocenters. The Morgan fingerprint density at radius 3 is 2.79 bits per heavy atom. The van der Waals surface area contributed by atoms with Gasteiger partial charge in [-0.3, -0.25) is 0 Å². The molecule has 0 saturated heterocycles. The molecule has 1 aromatic rings. The maximum absolute atomic E-state index is 11.1. The van der Waals surface area contributed by atoms with E-state index in [2.05, 4.69) is 10.3 Å². The molecule has 0 radical (unpaired) electrons. The van der Waals surface area contributed by atoms with Gasteiger partial charge in [0, 0.05) is 12.2 Å². The zero-order valence-electron chi connectivity index (χ0n) is 11.1. The predicted octanol–water partition coefficient (Wildman–Crippen LogP) is 1.92. The van der Waals surface area contributed by atoms with E-state index < -0.39 is 5.97 Å². The minimum atomic E-state index is -0.929. The number of carboxylic acid groups (broad SMARTS) is 1. The number of anilines is 1. The molecule has 1 heterocycles. The Kier molecular flexibility index (Phi) is 4.37. The van der Waals surface area contributed by atoms with E-state index in [1.165, 1.54) is 0 Å². The average Bonchev–Trinajstić information content (AvgIpc) is 2.33. The van der Waals surface area contributed by atoms with Gasteiger partial charge >= 0.3 is 5.97 Å². The van der Waals surface area contributed by atoms with E-state index in [1.54, 1.807) is 12.1 Å². The Labute approximate surface area is 112 Å². The van der Waals surface area contributed by atoms with Gasteiger partial charge in [-0.15, -0.1) is 0 Å². The molecular weight excluding hydrogens is 244 g/mol. The first-order valence-electron chi connectivity index (χ1n) is 6.74. The molecule has 1 aliphatic carbocycles. The van der Waals surface area contributed by atoms with Gasteiger partial charge in [0.25, 0.3) is 0 Å². The number of nitrogens with one attached hydrogen (secondary N) is 1. The summed E-state index contributed by atoms with van der Waals surface area (Å²) in [5, 5.41) is 21.5. The summed E-state index contributed by atoms with van der Waals surface area (Å²) in [6, 6.07) is 3.20. The second-order valence-electron chi connectivity index (χ2n) is 5.16. The molecular formula is C14H20N2O3. The number of nitrogens with zero attached hydrogens (tertiary/aromatic N) is 1. The van der Waals surface area contributed by atoms with E-state index in [4.69, 9.17) is 5.11 Å². The van der Waals surface area contributed by atoms with E-state index in [0.29, 0.717) is 11.7 Å². The molecule has 0 amide bonds. The SMILES string of the molecule is CCCc1cc(C(=O)O)cc(NCC2CC(O)C2)n1. The summed E-state index contributed by atoms with van der Waals surface area (Å²) in [5.74, 6) is 0.145. The number of aromatic carboxylic acids is 1. The number of rotatable bonds is 6. The summed E-state index contributed by atoms with van der Waals surface area (Å²) in [7, 11) is 0. The molecule has 3 N–H and O–H groups in total. The van der Waals surface area contributed by atoms with Crippen LogP contribution in [0.25, 0.3) is 0 Å². The average molecular weight is 264 g/mol. The number of aromatic nitrogens is 1. The molecule has 0 unspecified atom stereocenters. The molecule has 1 aromatic heterocycles. The molecule has 2 rings (SSSR count). The fourth-order valence-corrected chi connectivity index (χ4v) is 2.30. The molecule has 1 saturated carbocycles. The van der Waals surface area contributed by atoms with Crippen molar-refractivity contribution in [1.82, 2.24) is 4.98 Å². The Bertz CT molecular complexity index is 456. The largest absolute Gasteiger partial charge is 0.478 e. The van der Waals surface area contributed by atoms with Crippen molar-refractivity contribution >= 4 is 11.8 Å². The molecule has 0 aliphatic heterocycles. The summed E-state index contributed by atoms with van der Waals surface area (Å²) in [4.78, 5) is 15.5. The molecule has 5 nitrogen and oxygen atoms in total. The second-order valence-corrected chi connectivity index (χ2v) is 5.16. The van der Waals surface area contributed by atoms with Crippen molar-refractivity contribution in [3.63, 3.8) is 0 Å². The lowest BCUT2D eigenvalue weighted by molar-refractivity contribution is 0.0486. The van der Waals surface area contributed by atoms with Crippen LogP contribution < -0.4 is 5.32 Å². The van der Waals surface area contributed by atoms with E-state index >= 15 is 0 Å². The zero-order valence-corrected chi connectivity index (χ0v) is 11.1. The van der Waals surface area contributed by atoms with Crippen LogP contribution in [0.5, 0.6) is 0 Å². The van der Waals surface area contributed by atoms with Crippen LogP contribution in [0.1, 0.15) is 42.2 Å². The minimum absolute atomic E-state index is 0.166. The monoisotopic (exact) mass is 264 g/mol. The van der Waals surface area contributed by atoms with Crippen LogP contribution in [0.2, 0.25) is 0 Å². The third-order valence-electron chi connectivity index (χ3n) is 3.41. The quantitative estimate of drug-likeness (QED) is 0.731. The van der Waals surface area contributed by atoms with Crippen LogP contribution in [0.4, 0.5) is 5.82 Å². The highest BCUT2D eigenvalue weighted by atomic mass is 16.4. The van der Waals surface area contributed by atoms with Gasteiger partial charge in [-0.1, -0.05) is 13.3 Å². The lowest BCUT2D eigenvalue weighted by atomic mass is 9.82. The summed E-state index contributed by atoms with van der Waals surface area (Å²) < 4.78 is 0. The maximum Gasteiger partial charge on any atom is 0.335 e. The van der Waals surface area contributed by atoms with Crippen LogP contribution in [0, 0.1) is 5.92 Å².